The van der Waals surface area contributed by atoms with E-state index in [0.29, 0.717) is 6.20 Å². The molecule has 0 spiro atoms. The van der Waals surface area contributed by atoms with E-state index in [-0.39, 0.29) is 0 Å². The Hall–Kier alpha value is -2.13. The number of ether oxygens (including phenoxy) is 3. The molecule has 1 heterocycles. The molecular formula is C10H8F5NO4. The minimum atomic E-state index is -5.21. The first-order valence-electron chi connectivity index (χ1n) is 4.90. The number of esters is 1. The highest BCUT2D eigenvalue weighted by Gasteiger charge is 2.37. The first-order chi connectivity index (χ1) is 9.21. The van der Waals surface area contributed by atoms with Gasteiger partial charge in [0.15, 0.2) is 17.2 Å². The third-order valence-electron chi connectivity index (χ3n) is 2.05. The van der Waals surface area contributed by atoms with Crippen molar-refractivity contribution in [3.05, 3.63) is 17.5 Å². The predicted molar refractivity (Wildman–Crippen MR) is 53.8 cm³/mol. The van der Waals surface area contributed by atoms with Gasteiger partial charge in [0.25, 0.3) is 6.43 Å². The van der Waals surface area contributed by atoms with Crippen molar-refractivity contribution >= 4 is 5.97 Å². The molecular weight excluding hydrogens is 293 g/mol. The number of alkyl halides is 5. The Morgan fingerprint density at radius 3 is 2.25 bits per heavy atom. The zero-order valence-corrected chi connectivity index (χ0v) is 10.1. The minimum absolute atomic E-state index is 0.497. The molecule has 0 bridgehead atoms. The van der Waals surface area contributed by atoms with Gasteiger partial charge in [-0.05, 0) is 0 Å². The monoisotopic (exact) mass is 301 g/mol. The number of halogens is 5. The lowest BCUT2D eigenvalue weighted by molar-refractivity contribution is -0.275. The van der Waals surface area contributed by atoms with Crippen molar-refractivity contribution in [1.82, 2.24) is 4.98 Å². The largest absolute Gasteiger partial charge is 0.573 e. The number of aromatic nitrogens is 1. The number of methoxy groups -OCH3 is 2. The van der Waals surface area contributed by atoms with Crippen LogP contribution < -0.4 is 9.47 Å². The number of hydrogen-bond acceptors (Lipinski definition) is 5. The number of hydrogen-bond donors (Lipinski definition) is 0. The van der Waals surface area contributed by atoms with Gasteiger partial charge in [0.2, 0.25) is 0 Å². The van der Waals surface area contributed by atoms with E-state index in [0.717, 1.165) is 14.2 Å². The van der Waals surface area contributed by atoms with E-state index in [4.69, 9.17) is 0 Å². The van der Waals surface area contributed by atoms with Crippen LogP contribution in [0.2, 0.25) is 0 Å². The Morgan fingerprint density at radius 2 is 1.85 bits per heavy atom. The Balaban J connectivity index is 3.51. The van der Waals surface area contributed by atoms with Crippen LogP contribution in [0.1, 0.15) is 22.5 Å². The quantitative estimate of drug-likeness (QED) is 0.632. The summed E-state index contributed by atoms with van der Waals surface area (Å²) in [6.45, 7) is 0. The molecule has 0 atom stereocenters. The molecule has 10 heteroatoms. The van der Waals surface area contributed by atoms with Crippen molar-refractivity contribution in [2.24, 2.45) is 0 Å². The molecule has 112 valence electrons. The minimum Gasteiger partial charge on any atom is -0.491 e. The summed E-state index contributed by atoms with van der Waals surface area (Å²) in [4.78, 5) is 14.5. The molecule has 0 unspecified atom stereocenters. The molecule has 5 nitrogen and oxygen atoms in total. The number of rotatable bonds is 4. The third-order valence-corrected chi connectivity index (χ3v) is 2.05. The summed E-state index contributed by atoms with van der Waals surface area (Å²) in [6.07, 6.45) is -7.93. The fourth-order valence-electron chi connectivity index (χ4n) is 1.32. The highest BCUT2D eigenvalue weighted by atomic mass is 19.4. The third kappa shape index (κ3) is 3.45. The summed E-state index contributed by atoms with van der Waals surface area (Å²) < 4.78 is 74.4. The maximum absolute atomic E-state index is 12.6. The van der Waals surface area contributed by atoms with E-state index >= 15 is 0 Å². The van der Waals surface area contributed by atoms with Gasteiger partial charge in [-0.25, -0.2) is 13.6 Å². The van der Waals surface area contributed by atoms with E-state index in [1.54, 1.807) is 0 Å². The molecule has 1 aromatic rings. The molecule has 0 aliphatic carbocycles. The molecule has 0 fully saturated rings. The zero-order valence-electron chi connectivity index (χ0n) is 10.1. The SMILES string of the molecule is COC(=O)c1cnc(C(F)F)c(OC)c1OC(F)(F)F. The summed E-state index contributed by atoms with van der Waals surface area (Å²) in [5, 5.41) is 0. The molecule has 0 saturated carbocycles. The molecule has 1 rings (SSSR count). The van der Waals surface area contributed by atoms with Gasteiger partial charge in [-0.2, -0.15) is 0 Å². The van der Waals surface area contributed by atoms with Crippen molar-refractivity contribution in [3.8, 4) is 11.5 Å². The number of carbonyl (C=O) groups excluding carboxylic acids is 1. The summed E-state index contributed by atoms with van der Waals surface area (Å²) >= 11 is 0. The van der Waals surface area contributed by atoms with Crippen LogP contribution in [0.5, 0.6) is 11.5 Å². The topological polar surface area (TPSA) is 57.7 Å². The van der Waals surface area contributed by atoms with E-state index in [1.165, 1.54) is 0 Å². The second-order valence-electron chi connectivity index (χ2n) is 3.26. The van der Waals surface area contributed by atoms with Crippen LogP contribution in [-0.2, 0) is 4.74 Å². The smallest absolute Gasteiger partial charge is 0.491 e. The summed E-state index contributed by atoms with van der Waals surface area (Å²) in [7, 11) is 1.74. The molecule has 0 amide bonds. The Morgan fingerprint density at radius 1 is 1.25 bits per heavy atom. The van der Waals surface area contributed by atoms with E-state index in [9.17, 15) is 26.7 Å². The molecule has 20 heavy (non-hydrogen) atoms. The molecule has 0 aliphatic rings. The van der Waals surface area contributed by atoms with Gasteiger partial charge in [0, 0.05) is 6.20 Å². The fraction of sp³-hybridized carbons (Fsp3) is 0.400. The van der Waals surface area contributed by atoms with E-state index in [1.807, 2.05) is 0 Å². The maximum atomic E-state index is 12.6. The van der Waals surface area contributed by atoms with Gasteiger partial charge in [0.1, 0.15) is 5.56 Å². The normalized spacial score (nSPS) is 11.4. The summed E-state index contributed by atoms with van der Waals surface area (Å²) in [5.74, 6) is -3.45. The lowest BCUT2D eigenvalue weighted by Crippen LogP contribution is -2.21. The van der Waals surface area contributed by atoms with Gasteiger partial charge < -0.3 is 14.2 Å². The van der Waals surface area contributed by atoms with Gasteiger partial charge >= 0.3 is 12.3 Å². The predicted octanol–water partition coefficient (Wildman–Crippen LogP) is 2.71. The van der Waals surface area contributed by atoms with Crippen molar-refractivity contribution in [2.45, 2.75) is 12.8 Å². The highest BCUT2D eigenvalue weighted by molar-refractivity contribution is 5.93. The molecule has 0 aliphatic heterocycles. The fourth-order valence-corrected chi connectivity index (χ4v) is 1.32. The average Bonchev–Trinajstić information content (AvgIpc) is 2.35. The number of pyridine rings is 1. The highest BCUT2D eigenvalue weighted by Crippen LogP contribution is 2.40. The second-order valence-corrected chi connectivity index (χ2v) is 3.26. The van der Waals surface area contributed by atoms with Gasteiger partial charge in [-0.3, -0.25) is 4.98 Å². The molecule has 0 saturated heterocycles. The standard InChI is InChI=1S/C10H8F5NO4/c1-18-7-5(8(11)12)16-3-4(9(17)19-2)6(7)20-10(13,14)15/h3,8H,1-2H3. The number of nitrogens with zero attached hydrogens (tertiary/aromatic N) is 1. The first-order valence-corrected chi connectivity index (χ1v) is 4.90. The molecule has 0 N–H and O–H groups in total. The lowest BCUT2D eigenvalue weighted by Gasteiger charge is -2.17. The van der Waals surface area contributed by atoms with Crippen molar-refractivity contribution < 1.29 is 41.0 Å². The summed E-state index contributed by atoms with van der Waals surface area (Å²) in [5.41, 5.74) is -1.87. The van der Waals surface area contributed by atoms with Crippen molar-refractivity contribution in [2.75, 3.05) is 14.2 Å². The van der Waals surface area contributed by atoms with Gasteiger partial charge in [-0.15, -0.1) is 13.2 Å². The van der Waals surface area contributed by atoms with Crippen molar-refractivity contribution in [1.29, 1.82) is 0 Å². The molecule has 0 radical (unpaired) electrons. The van der Waals surface area contributed by atoms with Crippen LogP contribution in [0, 0.1) is 0 Å². The lowest BCUT2D eigenvalue weighted by atomic mass is 10.2. The molecule has 0 aromatic carbocycles. The number of carbonyl (C=O) groups is 1. The summed E-state index contributed by atoms with van der Waals surface area (Å²) in [6, 6.07) is 0. The molecule has 1 aromatic heterocycles. The second kappa shape index (κ2) is 5.88. The van der Waals surface area contributed by atoms with Crippen LogP contribution in [0.3, 0.4) is 0 Å². The van der Waals surface area contributed by atoms with Gasteiger partial charge in [0.05, 0.1) is 14.2 Å². The van der Waals surface area contributed by atoms with Crippen molar-refractivity contribution in [3.63, 3.8) is 0 Å². The first kappa shape index (κ1) is 15.9. The zero-order chi connectivity index (χ0) is 15.5. The van der Waals surface area contributed by atoms with E-state index < -0.39 is 41.5 Å². The maximum Gasteiger partial charge on any atom is 0.573 e. The van der Waals surface area contributed by atoms with Crippen LogP contribution in [-0.4, -0.2) is 31.5 Å². The average molecular weight is 301 g/mol. The van der Waals surface area contributed by atoms with Gasteiger partial charge in [-0.1, -0.05) is 0 Å². The van der Waals surface area contributed by atoms with Crippen LogP contribution in [0.4, 0.5) is 22.0 Å². The Bertz CT molecular complexity index is 503. The van der Waals surface area contributed by atoms with E-state index in [2.05, 4.69) is 19.2 Å². The Labute approximate surface area is 109 Å². The Kier molecular flexibility index (Phi) is 4.69. The van der Waals surface area contributed by atoms with Crippen LogP contribution in [0.15, 0.2) is 6.20 Å². The van der Waals surface area contributed by atoms with Crippen LogP contribution >= 0.6 is 0 Å². The van der Waals surface area contributed by atoms with Crippen LogP contribution in [0.25, 0.3) is 0 Å².